The van der Waals surface area contributed by atoms with Crippen LogP contribution in [0.4, 0.5) is 0 Å². The third kappa shape index (κ3) is 2.62. The van der Waals surface area contributed by atoms with Crippen LogP contribution in [0.5, 0.6) is 5.75 Å². The molecule has 2 heterocycles. The molecule has 2 rings (SSSR count). The van der Waals surface area contributed by atoms with Gasteiger partial charge in [0.05, 0.1) is 39.6 Å². The van der Waals surface area contributed by atoms with Crippen molar-refractivity contribution in [1.82, 2.24) is 4.98 Å². The van der Waals surface area contributed by atoms with E-state index in [9.17, 15) is 4.21 Å². The molecule has 0 N–H and O–H groups in total. The van der Waals surface area contributed by atoms with Crippen LogP contribution in [-0.4, -0.2) is 40.9 Å². The van der Waals surface area contributed by atoms with E-state index in [1.54, 1.807) is 25.6 Å². The Morgan fingerprint density at radius 1 is 1.25 bits per heavy atom. The molecule has 0 radical (unpaired) electrons. The van der Waals surface area contributed by atoms with Crippen molar-refractivity contribution in [3.8, 4) is 5.75 Å². The van der Waals surface area contributed by atoms with Gasteiger partial charge in [-0.15, -0.1) is 0 Å². The molecule has 7 heteroatoms. The van der Waals surface area contributed by atoms with E-state index in [-0.39, 0.29) is 0 Å². The number of pyridine rings is 1. The van der Waals surface area contributed by atoms with E-state index in [0.29, 0.717) is 16.2 Å². The van der Waals surface area contributed by atoms with Crippen molar-refractivity contribution in [2.75, 3.05) is 13.4 Å². The van der Waals surface area contributed by atoms with Crippen LogP contribution >= 0.6 is 0 Å². The van der Waals surface area contributed by atoms with Crippen molar-refractivity contribution >= 4 is 23.5 Å². The van der Waals surface area contributed by atoms with Gasteiger partial charge in [0.2, 0.25) is 0 Å². The first-order chi connectivity index (χ1) is 9.18. The zero-order valence-electron chi connectivity index (χ0n) is 12.7. The summed E-state index contributed by atoms with van der Waals surface area (Å²) in [5.41, 5.74) is -0.216. The Bertz CT molecular complexity index is 531. The normalized spacial score (nSPS) is 21.8. The van der Waals surface area contributed by atoms with Crippen LogP contribution < -0.4 is 10.3 Å². The smallest absolute Gasteiger partial charge is 0.495 e. The molecule has 1 fully saturated rings. The summed E-state index contributed by atoms with van der Waals surface area (Å²) < 4.78 is 28.7. The number of ether oxygens (including phenoxy) is 1. The molecule has 5 nitrogen and oxygen atoms in total. The van der Waals surface area contributed by atoms with Gasteiger partial charge in [0, 0.05) is 12.5 Å². The second-order valence-corrected chi connectivity index (χ2v) is 7.15. The van der Waals surface area contributed by atoms with Crippen LogP contribution in [0.15, 0.2) is 17.2 Å². The number of hydrogen-bond acceptors (Lipinski definition) is 5. The van der Waals surface area contributed by atoms with Crippen molar-refractivity contribution in [1.29, 1.82) is 0 Å². The van der Waals surface area contributed by atoms with Gasteiger partial charge in [-0.2, -0.15) is 0 Å². The van der Waals surface area contributed by atoms with Crippen LogP contribution in [0.3, 0.4) is 0 Å². The standard InChI is InChI=1S/C13H20BNO4S/c1-12(2)13(3,4)19-14(18-12)11-7-9(17-5)10(8-15-11)20(6)16/h7-8H,1-6H3. The maximum absolute atomic E-state index is 11.6. The Labute approximate surface area is 122 Å². The molecule has 1 aliphatic heterocycles. The molecule has 1 aliphatic rings. The number of hydrogen-bond donors (Lipinski definition) is 0. The Morgan fingerprint density at radius 3 is 2.25 bits per heavy atom. The van der Waals surface area contributed by atoms with E-state index >= 15 is 0 Å². The highest BCUT2D eigenvalue weighted by atomic mass is 32.2. The maximum Gasteiger partial charge on any atom is 0.514 e. The lowest BCUT2D eigenvalue weighted by Gasteiger charge is -2.32. The monoisotopic (exact) mass is 297 g/mol. The predicted molar refractivity (Wildman–Crippen MR) is 78.8 cm³/mol. The van der Waals surface area contributed by atoms with Gasteiger partial charge < -0.3 is 14.0 Å². The highest BCUT2D eigenvalue weighted by Gasteiger charge is 2.52. The average Bonchev–Trinajstić information content (AvgIpc) is 2.57. The third-order valence-corrected chi connectivity index (χ3v) is 4.80. The summed E-state index contributed by atoms with van der Waals surface area (Å²) in [5, 5.41) is 0. The molecule has 0 amide bonds. The van der Waals surface area contributed by atoms with E-state index < -0.39 is 29.1 Å². The molecule has 0 aliphatic carbocycles. The number of rotatable bonds is 3. The summed E-state index contributed by atoms with van der Waals surface area (Å²) in [6, 6.07) is 1.72. The topological polar surface area (TPSA) is 57.6 Å². The van der Waals surface area contributed by atoms with Crippen molar-refractivity contribution < 1.29 is 18.3 Å². The molecular weight excluding hydrogens is 277 g/mol. The van der Waals surface area contributed by atoms with Crippen LogP contribution in [0.2, 0.25) is 0 Å². The fourth-order valence-electron chi connectivity index (χ4n) is 1.91. The zero-order chi connectivity index (χ0) is 15.1. The van der Waals surface area contributed by atoms with Gasteiger partial charge in [0.1, 0.15) is 5.75 Å². The highest BCUT2D eigenvalue weighted by Crippen LogP contribution is 2.36. The SMILES string of the molecule is COc1cc(B2OC(C)(C)C(C)(C)O2)ncc1S(C)=O. The van der Waals surface area contributed by atoms with E-state index in [0.717, 1.165) is 0 Å². The van der Waals surface area contributed by atoms with Crippen molar-refractivity contribution in [2.24, 2.45) is 0 Å². The van der Waals surface area contributed by atoms with E-state index in [1.165, 1.54) is 0 Å². The quantitative estimate of drug-likeness (QED) is 0.783. The Hall–Kier alpha value is -0.915. The second-order valence-electron chi connectivity index (χ2n) is 5.80. The number of nitrogens with zero attached hydrogens (tertiary/aromatic N) is 1. The predicted octanol–water partition coefficient (Wildman–Crippen LogP) is 1.13. The van der Waals surface area contributed by atoms with Gasteiger partial charge >= 0.3 is 7.12 Å². The highest BCUT2D eigenvalue weighted by molar-refractivity contribution is 7.84. The Balaban J connectivity index is 2.34. The third-order valence-electron chi connectivity index (χ3n) is 3.88. The van der Waals surface area contributed by atoms with Crippen LogP contribution in [0, 0.1) is 0 Å². The van der Waals surface area contributed by atoms with Crippen molar-refractivity contribution in [3.05, 3.63) is 12.3 Å². The molecule has 0 saturated carbocycles. The first-order valence-electron chi connectivity index (χ1n) is 6.41. The summed E-state index contributed by atoms with van der Waals surface area (Å²) in [5.74, 6) is 0.533. The van der Waals surface area contributed by atoms with Gasteiger partial charge in [-0.25, -0.2) is 0 Å². The maximum atomic E-state index is 11.6. The first-order valence-corrected chi connectivity index (χ1v) is 7.97. The van der Waals surface area contributed by atoms with Crippen molar-refractivity contribution in [3.63, 3.8) is 0 Å². The molecule has 1 saturated heterocycles. The molecule has 1 atom stereocenters. The summed E-state index contributed by atoms with van der Waals surface area (Å²) in [6.07, 6.45) is 3.14. The molecule has 110 valence electrons. The fraction of sp³-hybridized carbons (Fsp3) is 0.615. The van der Waals surface area contributed by atoms with Gasteiger partial charge in [-0.3, -0.25) is 9.19 Å². The first kappa shape index (κ1) is 15.5. The molecule has 1 aromatic heterocycles. The van der Waals surface area contributed by atoms with Gasteiger partial charge in [-0.05, 0) is 33.8 Å². The number of methoxy groups -OCH3 is 1. The molecule has 0 bridgehead atoms. The minimum absolute atomic E-state index is 0.418. The molecule has 1 unspecified atom stereocenters. The average molecular weight is 297 g/mol. The molecule has 1 aromatic rings. The lowest BCUT2D eigenvalue weighted by molar-refractivity contribution is 0.00578. The Morgan fingerprint density at radius 2 is 1.80 bits per heavy atom. The van der Waals surface area contributed by atoms with Crippen LogP contribution in [0.25, 0.3) is 0 Å². The summed E-state index contributed by atoms with van der Waals surface area (Å²) in [6.45, 7) is 7.94. The molecular formula is C13H20BNO4S. The molecule has 20 heavy (non-hydrogen) atoms. The largest absolute Gasteiger partial charge is 0.514 e. The van der Waals surface area contributed by atoms with E-state index in [1.807, 2.05) is 27.7 Å². The minimum Gasteiger partial charge on any atom is -0.495 e. The molecule has 0 aromatic carbocycles. The van der Waals surface area contributed by atoms with E-state index in [2.05, 4.69) is 4.98 Å². The van der Waals surface area contributed by atoms with Gasteiger partial charge in [0.25, 0.3) is 0 Å². The van der Waals surface area contributed by atoms with Crippen LogP contribution in [-0.2, 0) is 20.1 Å². The fourth-order valence-corrected chi connectivity index (χ4v) is 2.53. The lowest BCUT2D eigenvalue weighted by atomic mass is 9.84. The van der Waals surface area contributed by atoms with Crippen LogP contribution in [0.1, 0.15) is 27.7 Å². The van der Waals surface area contributed by atoms with E-state index in [4.69, 9.17) is 14.0 Å². The molecule has 0 spiro atoms. The van der Waals surface area contributed by atoms with Gasteiger partial charge in [-0.1, -0.05) is 0 Å². The summed E-state index contributed by atoms with van der Waals surface area (Å²) >= 11 is 0. The van der Waals surface area contributed by atoms with Crippen molar-refractivity contribution in [2.45, 2.75) is 43.8 Å². The zero-order valence-corrected chi connectivity index (χ0v) is 13.5. The van der Waals surface area contributed by atoms with Gasteiger partial charge in [0.15, 0.2) is 0 Å². The Kier molecular flexibility index (Phi) is 3.97. The summed E-state index contributed by atoms with van der Waals surface area (Å²) in [7, 11) is -0.156. The minimum atomic E-state index is -1.15. The number of aromatic nitrogens is 1. The summed E-state index contributed by atoms with van der Waals surface area (Å²) in [4.78, 5) is 4.86. The second kappa shape index (κ2) is 5.13. The lowest BCUT2D eigenvalue weighted by Crippen LogP contribution is -2.41.